The molecule has 0 amide bonds. The fraction of sp³-hybridized carbons (Fsp3) is 0.133. The van der Waals surface area contributed by atoms with E-state index in [2.05, 4.69) is 11.4 Å². The first-order valence-electron chi connectivity index (χ1n) is 5.87. The molecule has 0 aliphatic heterocycles. The molecule has 2 aromatic rings. The third kappa shape index (κ3) is 3.46. The molecule has 2 nitrogen and oxygen atoms in total. The Hall–Kier alpha value is -2.05. The van der Waals surface area contributed by atoms with Crippen molar-refractivity contribution < 1.29 is 4.39 Å². The Bertz CT molecular complexity index is 620. The van der Waals surface area contributed by atoms with Crippen LogP contribution in [0.25, 0.3) is 0 Å². The summed E-state index contributed by atoms with van der Waals surface area (Å²) in [6, 6.07) is 13.8. The molecule has 0 aliphatic carbocycles. The number of benzene rings is 2. The van der Waals surface area contributed by atoms with Crippen LogP contribution in [0, 0.1) is 17.1 Å². The van der Waals surface area contributed by atoms with Gasteiger partial charge in [-0.15, -0.1) is 0 Å². The van der Waals surface area contributed by atoms with E-state index in [9.17, 15) is 4.39 Å². The molecule has 0 aromatic heterocycles. The first-order chi connectivity index (χ1) is 9.20. The predicted octanol–water partition coefficient (Wildman–Crippen LogP) is 4.01. The van der Waals surface area contributed by atoms with E-state index in [1.165, 1.54) is 6.07 Å². The lowest BCUT2D eigenvalue weighted by molar-refractivity contribution is 0.610. The first kappa shape index (κ1) is 13.4. The summed E-state index contributed by atoms with van der Waals surface area (Å²) in [6.07, 6.45) is 0.556. The second-order valence-electron chi connectivity index (χ2n) is 4.07. The van der Waals surface area contributed by atoms with E-state index in [4.69, 9.17) is 16.9 Å². The molecule has 0 saturated carbocycles. The highest BCUT2D eigenvalue weighted by atomic mass is 35.5. The van der Waals surface area contributed by atoms with Crippen LogP contribution in [-0.2, 0) is 6.42 Å². The van der Waals surface area contributed by atoms with Crippen LogP contribution in [0.1, 0.15) is 11.1 Å². The Kier molecular flexibility index (Phi) is 4.38. The molecular formula is C15H12ClFN2. The number of rotatable bonds is 4. The smallest absolute Gasteiger partial charge is 0.126 e. The summed E-state index contributed by atoms with van der Waals surface area (Å²) in [5.41, 5.74) is 1.85. The zero-order valence-corrected chi connectivity index (χ0v) is 10.9. The lowest BCUT2D eigenvalue weighted by Gasteiger charge is -2.09. The molecule has 0 fully saturated rings. The summed E-state index contributed by atoms with van der Waals surface area (Å²) >= 11 is 5.82. The van der Waals surface area contributed by atoms with Gasteiger partial charge in [0.05, 0.1) is 11.3 Å². The summed E-state index contributed by atoms with van der Waals surface area (Å²) in [4.78, 5) is 0. The Morgan fingerprint density at radius 1 is 1.21 bits per heavy atom. The summed E-state index contributed by atoms with van der Waals surface area (Å²) in [5, 5.41) is 12.6. The van der Waals surface area contributed by atoms with Gasteiger partial charge in [0.2, 0.25) is 0 Å². The number of nitrogens with zero attached hydrogens (tertiary/aromatic N) is 1. The van der Waals surface area contributed by atoms with Crippen molar-refractivity contribution in [2.45, 2.75) is 6.42 Å². The first-order valence-corrected chi connectivity index (χ1v) is 6.25. The molecule has 0 radical (unpaired) electrons. The van der Waals surface area contributed by atoms with E-state index in [1.54, 1.807) is 36.4 Å². The van der Waals surface area contributed by atoms with Gasteiger partial charge in [0, 0.05) is 11.6 Å². The van der Waals surface area contributed by atoms with Crippen LogP contribution in [0.2, 0.25) is 5.02 Å². The molecule has 1 N–H and O–H groups in total. The van der Waals surface area contributed by atoms with Gasteiger partial charge in [0.15, 0.2) is 0 Å². The SMILES string of the molecule is N#Cc1cc(Cl)ccc1NCCc1ccccc1F. The average molecular weight is 275 g/mol. The fourth-order valence-electron chi connectivity index (χ4n) is 1.80. The second kappa shape index (κ2) is 6.21. The highest BCUT2D eigenvalue weighted by Crippen LogP contribution is 2.19. The maximum atomic E-state index is 13.4. The monoisotopic (exact) mass is 274 g/mol. The predicted molar refractivity (Wildman–Crippen MR) is 74.8 cm³/mol. The molecule has 4 heteroatoms. The van der Waals surface area contributed by atoms with Crippen molar-refractivity contribution in [1.29, 1.82) is 5.26 Å². The zero-order chi connectivity index (χ0) is 13.7. The van der Waals surface area contributed by atoms with Crippen LogP contribution in [0.15, 0.2) is 42.5 Å². The lowest BCUT2D eigenvalue weighted by Crippen LogP contribution is -2.07. The molecular weight excluding hydrogens is 263 g/mol. The van der Waals surface area contributed by atoms with Crippen molar-refractivity contribution in [2.24, 2.45) is 0 Å². The van der Waals surface area contributed by atoms with Crippen LogP contribution in [0.3, 0.4) is 0 Å². The van der Waals surface area contributed by atoms with Gasteiger partial charge in [-0.05, 0) is 36.2 Å². The minimum atomic E-state index is -0.207. The number of nitrogens with one attached hydrogen (secondary N) is 1. The van der Waals surface area contributed by atoms with Crippen molar-refractivity contribution in [3.8, 4) is 6.07 Å². The van der Waals surface area contributed by atoms with Gasteiger partial charge in [-0.3, -0.25) is 0 Å². The van der Waals surface area contributed by atoms with Gasteiger partial charge in [-0.1, -0.05) is 29.8 Å². The number of anilines is 1. The van der Waals surface area contributed by atoms with E-state index in [0.717, 1.165) is 0 Å². The molecule has 96 valence electrons. The molecule has 0 bridgehead atoms. The van der Waals surface area contributed by atoms with E-state index < -0.39 is 0 Å². The highest BCUT2D eigenvalue weighted by Gasteiger charge is 2.04. The maximum absolute atomic E-state index is 13.4. The van der Waals surface area contributed by atoms with Crippen molar-refractivity contribution in [2.75, 3.05) is 11.9 Å². The van der Waals surface area contributed by atoms with Crippen LogP contribution in [0.5, 0.6) is 0 Å². The van der Waals surface area contributed by atoms with Gasteiger partial charge in [0.25, 0.3) is 0 Å². The molecule has 0 spiro atoms. The zero-order valence-electron chi connectivity index (χ0n) is 10.2. The maximum Gasteiger partial charge on any atom is 0.126 e. The van der Waals surface area contributed by atoms with Crippen LogP contribution >= 0.6 is 11.6 Å². The number of hydrogen-bond donors (Lipinski definition) is 1. The normalized spacial score (nSPS) is 9.95. The van der Waals surface area contributed by atoms with Crippen molar-refractivity contribution >= 4 is 17.3 Å². The Balaban J connectivity index is 2.01. The number of halogens is 2. The van der Waals surface area contributed by atoms with Gasteiger partial charge in [-0.2, -0.15) is 5.26 Å². The molecule has 0 atom stereocenters. The molecule has 0 heterocycles. The van der Waals surface area contributed by atoms with Crippen molar-refractivity contribution in [3.63, 3.8) is 0 Å². The number of hydrogen-bond acceptors (Lipinski definition) is 2. The van der Waals surface area contributed by atoms with Gasteiger partial charge in [-0.25, -0.2) is 4.39 Å². The third-order valence-corrected chi connectivity index (χ3v) is 3.00. The summed E-state index contributed by atoms with van der Waals surface area (Å²) in [6.45, 7) is 0.553. The highest BCUT2D eigenvalue weighted by molar-refractivity contribution is 6.30. The van der Waals surface area contributed by atoms with Crippen LogP contribution in [0.4, 0.5) is 10.1 Å². The fourth-order valence-corrected chi connectivity index (χ4v) is 1.97. The standard InChI is InChI=1S/C15H12ClFN2/c16-13-5-6-15(12(9-13)10-18)19-8-7-11-3-1-2-4-14(11)17/h1-6,9,19H,7-8H2. The quantitative estimate of drug-likeness (QED) is 0.914. The van der Waals surface area contributed by atoms with Gasteiger partial charge in [0.1, 0.15) is 11.9 Å². The molecule has 2 rings (SSSR count). The minimum Gasteiger partial charge on any atom is -0.384 e. The van der Waals surface area contributed by atoms with E-state index in [0.29, 0.717) is 34.8 Å². The lowest BCUT2D eigenvalue weighted by atomic mass is 10.1. The average Bonchev–Trinajstić information content (AvgIpc) is 2.42. The second-order valence-corrected chi connectivity index (χ2v) is 4.51. The summed E-state index contributed by atoms with van der Waals surface area (Å²) in [7, 11) is 0. The largest absolute Gasteiger partial charge is 0.384 e. The molecule has 2 aromatic carbocycles. The van der Waals surface area contributed by atoms with Gasteiger partial charge >= 0.3 is 0 Å². The van der Waals surface area contributed by atoms with E-state index >= 15 is 0 Å². The summed E-state index contributed by atoms with van der Waals surface area (Å²) in [5.74, 6) is -0.207. The molecule has 19 heavy (non-hydrogen) atoms. The van der Waals surface area contributed by atoms with Crippen LogP contribution < -0.4 is 5.32 Å². The van der Waals surface area contributed by atoms with Crippen molar-refractivity contribution in [3.05, 3.63) is 64.4 Å². The minimum absolute atomic E-state index is 0.207. The third-order valence-electron chi connectivity index (χ3n) is 2.77. The van der Waals surface area contributed by atoms with Crippen LogP contribution in [-0.4, -0.2) is 6.54 Å². The Labute approximate surface area is 116 Å². The Morgan fingerprint density at radius 3 is 2.74 bits per heavy atom. The topological polar surface area (TPSA) is 35.8 Å². The van der Waals surface area contributed by atoms with E-state index in [-0.39, 0.29) is 5.82 Å². The Morgan fingerprint density at radius 2 is 2.00 bits per heavy atom. The van der Waals surface area contributed by atoms with Gasteiger partial charge < -0.3 is 5.32 Å². The summed E-state index contributed by atoms with van der Waals surface area (Å²) < 4.78 is 13.4. The molecule has 0 unspecified atom stereocenters. The van der Waals surface area contributed by atoms with Crippen molar-refractivity contribution in [1.82, 2.24) is 0 Å². The van der Waals surface area contributed by atoms with E-state index in [1.807, 2.05) is 0 Å². The molecule has 0 aliphatic rings. The number of nitriles is 1. The molecule has 0 saturated heterocycles.